The normalized spacial score (nSPS) is 10.4. The summed E-state index contributed by atoms with van der Waals surface area (Å²) in [6, 6.07) is 0. The third-order valence-electron chi connectivity index (χ3n) is 1.76. The molecule has 0 aliphatic rings. The Bertz CT molecular complexity index is 248. The fourth-order valence-corrected chi connectivity index (χ4v) is 1.70. The van der Waals surface area contributed by atoms with Crippen LogP contribution in [0.2, 0.25) is 0 Å². The zero-order valence-electron chi connectivity index (χ0n) is 8.37. The molecule has 0 amide bonds. The van der Waals surface area contributed by atoms with Crippen LogP contribution in [0.4, 0.5) is 5.13 Å². The molecule has 0 saturated heterocycles. The molecule has 0 radical (unpaired) electrons. The van der Waals surface area contributed by atoms with Crippen LogP contribution < -0.4 is 10.2 Å². The van der Waals surface area contributed by atoms with E-state index < -0.39 is 0 Å². The third kappa shape index (κ3) is 3.28. The fraction of sp³-hybridized carbons (Fsp3) is 0.750. The molecule has 0 bridgehead atoms. The van der Waals surface area contributed by atoms with Gasteiger partial charge in [-0.25, -0.2) is 0 Å². The highest BCUT2D eigenvalue weighted by atomic mass is 32.1. The highest BCUT2D eigenvalue weighted by Gasteiger charge is 2.04. The molecule has 0 fully saturated rings. The monoisotopic (exact) mass is 200 g/mol. The zero-order valence-corrected chi connectivity index (χ0v) is 9.19. The average molecular weight is 200 g/mol. The summed E-state index contributed by atoms with van der Waals surface area (Å²) in [7, 11) is 4.02. The highest BCUT2D eigenvalue weighted by Crippen LogP contribution is 2.17. The first kappa shape index (κ1) is 10.4. The second kappa shape index (κ2) is 5.14. The van der Waals surface area contributed by atoms with Crippen molar-refractivity contribution in [2.45, 2.75) is 13.3 Å². The maximum atomic E-state index is 4.07. The molecule has 74 valence electrons. The van der Waals surface area contributed by atoms with Crippen molar-refractivity contribution in [2.24, 2.45) is 0 Å². The molecule has 13 heavy (non-hydrogen) atoms. The molecule has 1 N–H and O–H groups in total. The lowest BCUT2D eigenvalue weighted by Gasteiger charge is -2.14. The Kier molecular flexibility index (Phi) is 4.11. The lowest BCUT2D eigenvalue weighted by Crippen LogP contribution is -2.22. The minimum absolute atomic E-state index is 1.01. The van der Waals surface area contributed by atoms with Crippen LogP contribution >= 0.6 is 11.3 Å². The Morgan fingerprint density at radius 3 is 2.77 bits per heavy atom. The van der Waals surface area contributed by atoms with E-state index in [1.807, 2.05) is 14.0 Å². The predicted octanol–water partition coefficient (Wildman–Crippen LogP) is 0.892. The molecule has 1 heterocycles. The van der Waals surface area contributed by atoms with Gasteiger partial charge in [-0.05, 0) is 26.9 Å². The van der Waals surface area contributed by atoms with Crippen LogP contribution in [0, 0.1) is 6.92 Å². The van der Waals surface area contributed by atoms with Crippen molar-refractivity contribution >= 4 is 16.5 Å². The summed E-state index contributed by atoms with van der Waals surface area (Å²) in [4.78, 5) is 2.14. The standard InChI is InChI=1S/C8H16N4S/c1-7-10-11-8(13-7)12(3)6-4-5-9-2/h9H,4-6H2,1-3H3. The minimum Gasteiger partial charge on any atom is -0.350 e. The minimum atomic E-state index is 1.01. The quantitative estimate of drug-likeness (QED) is 0.717. The lowest BCUT2D eigenvalue weighted by molar-refractivity contribution is 0.710. The second-order valence-corrected chi connectivity index (χ2v) is 4.14. The van der Waals surface area contributed by atoms with Gasteiger partial charge in [-0.2, -0.15) is 0 Å². The lowest BCUT2D eigenvalue weighted by atomic mass is 10.4. The molecule has 1 aromatic rings. The topological polar surface area (TPSA) is 41.0 Å². The summed E-state index contributed by atoms with van der Waals surface area (Å²) in [6.07, 6.45) is 1.13. The molecule has 0 unspecified atom stereocenters. The molecule has 0 atom stereocenters. The summed E-state index contributed by atoms with van der Waals surface area (Å²) in [5, 5.41) is 13.2. The van der Waals surface area contributed by atoms with Gasteiger partial charge in [0.1, 0.15) is 5.01 Å². The number of nitrogens with one attached hydrogen (secondary N) is 1. The van der Waals surface area contributed by atoms with Gasteiger partial charge < -0.3 is 10.2 Å². The smallest absolute Gasteiger partial charge is 0.208 e. The van der Waals surface area contributed by atoms with E-state index in [1.165, 1.54) is 0 Å². The van der Waals surface area contributed by atoms with Crippen LogP contribution in [0.3, 0.4) is 0 Å². The van der Waals surface area contributed by atoms with Gasteiger partial charge in [0, 0.05) is 13.6 Å². The second-order valence-electron chi connectivity index (χ2n) is 2.98. The van der Waals surface area contributed by atoms with E-state index in [0.717, 1.165) is 29.6 Å². The van der Waals surface area contributed by atoms with Gasteiger partial charge in [0.25, 0.3) is 0 Å². The number of aromatic nitrogens is 2. The van der Waals surface area contributed by atoms with Crippen LogP contribution in [0.25, 0.3) is 0 Å². The maximum absolute atomic E-state index is 4.07. The van der Waals surface area contributed by atoms with Crippen molar-refractivity contribution in [3.05, 3.63) is 5.01 Å². The number of aryl methyl sites for hydroxylation is 1. The first-order chi connectivity index (χ1) is 6.24. The number of rotatable bonds is 5. The molecule has 0 aromatic carbocycles. The van der Waals surface area contributed by atoms with Gasteiger partial charge in [-0.1, -0.05) is 11.3 Å². The van der Waals surface area contributed by atoms with Gasteiger partial charge in [-0.3, -0.25) is 0 Å². The molecule has 1 rings (SSSR count). The van der Waals surface area contributed by atoms with Crippen LogP contribution in [0.5, 0.6) is 0 Å². The molecule has 5 heteroatoms. The molecule has 0 saturated carbocycles. The van der Waals surface area contributed by atoms with Crippen molar-refractivity contribution in [2.75, 3.05) is 32.1 Å². The van der Waals surface area contributed by atoms with Crippen LogP contribution in [0.15, 0.2) is 0 Å². The van der Waals surface area contributed by atoms with Crippen LogP contribution in [-0.4, -0.2) is 37.4 Å². The van der Waals surface area contributed by atoms with Crippen LogP contribution in [-0.2, 0) is 0 Å². The largest absolute Gasteiger partial charge is 0.350 e. The Labute approximate surface area is 83.0 Å². The fourth-order valence-electron chi connectivity index (χ4n) is 1.03. The van der Waals surface area contributed by atoms with E-state index in [2.05, 4.69) is 27.5 Å². The molecule has 0 spiro atoms. The molecular formula is C8H16N4S. The maximum Gasteiger partial charge on any atom is 0.208 e. The van der Waals surface area contributed by atoms with E-state index in [9.17, 15) is 0 Å². The van der Waals surface area contributed by atoms with E-state index >= 15 is 0 Å². The number of hydrogen-bond acceptors (Lipinski definition) is 5. The van der Waals surface area contributed by atoms with Crippen molar-refractivity contribution in [1.29, 1.82) is 0 Å². The highest BCUT2D eigenvalue weighted by molar-refractivity contribution is 7.15. The Balaban J connectivity index is 2.35. The van der Waals surface area contributed by atoms with E-state index in [4.69, 9.17) is 0 Å². The van der Waals surface area contributed by atoms with E-state index in [1.54, 1.807) is 11.3 Å². The van der Waals surface area contributed by atoms with Crippen molar-refractivity contribution < 1.29 is 0 Å². The SMILES string of the molecule is CNCCCN(C)c1nnc(C)s1. The van der Waals surface area contributed by atoms with Gasteiger partial charge in [0.05, 0.1) is 0 Å². The predicted molar refractivity (Wildman–Crippen MR) is 56.5 cm³/mol. The molecule has 0 aliphatic heterocycles. The zero-order chi connectivity index (χ0) is 9.68. The molecule has 4 nitrogen and oxygen atoms in total. The number of hydrogen-bond donors (Lipinski definition) is 1. The summed E-state index contributed by atoms with van der Waals surface area (Å²) >= 11 is 1.64. The van der Waals surface area contributed by atoms with Gasteiger partial charge in [0.15, 0.2) is 0 Å². The number of nitrogens with zero attached hydrogens (tertiary/aromatic N) is 3. The Morgan fingerprint density at radius 1 is 1.46 bits per heavy atom. The summed E-state index contributed by atoms with van der Waals surface area (Å²) < 4.78 is 0. The molecular weight excluding hydrogens is 184 g/mol. The Morgan fingerprint density at radius 2 is 2.23 bits per heavy atom. The van der Waals surface area contributed by atoms with Crippen LogP contribution in [0.1, 0.15) is 11.4 Å². The summed E-state index contributed by atoms with van der Waals surface area (Å²) in [6.45, 7) is 4.04. The number of anilines is 1. The average Bonchev–Trinajstić information content (AvgIpc) is 2.52. The third-order valence-corrected chi connectivity index (χ3v) is 2.72. The van der Waals surface area contributed by atoms with Gasteiger partial charge >= 0.3 is 0 Å². The molecule has 0 aliphatic carbocycles. The molecule has 1 aromatic heterocycles. The van der Waals surface area contributed by atoms with Gasteiger partial charge in [0.2, 0.25) is 5.13 Å². The van der Waals surface area contributed by atoms with Crippen molar-refractivity contribution in [1.82, 2.24) is 15.5 Å². The van der Waals surface area contributed by atoms with Gasteiger partial charge in [-0.15, -0.1) is 10.2 Å². The first-order valence-electron chi connectivity index (χ1n) is 4.40. The summed E-state index contributed by atoms with van der Waals surface area (Å²) in [5.74, 6) is 0. The van der Waals surface area contributed by atoms with Crippen molar-refractivity contribution in [3.8, 4) is 0 Å². The Hall–Kier alpha value is -0.680. The van der Waals surface area contributed by atoms with E-state index in [-0.39, 0.29) is 0 Å². The summed E-state index contributed by atoms with van der Waals surface area (Å²) in [5.41, 5.74) is 0. The van der Waals surface area contributed by atoms with E-state index in [0.29, 0.717) is 0 Å². The first-order valence-corrected chi connectivity index (χ1v) is 5.21. The van der Waals surface area contributed by atoms with Crippen molar-refractivity contribution in [3.63, 3.8) is 0 Å².